The maximum absolute atomic E-state index is 14.9. The number of fused-ring (bicyclic) bond motifs is 4. The van der Waals surface area contributed by atoms with Gasteiger partial charge in [-0.3, -0.25) is 24.5 Å². The highest BCUT2D eigenvalue weighted by Gasteiger charge is 2.77. The molecule has 2 aliphatic heterocycles. The quantitative estimate of drug-likeness (QED) is 0.136. The van der Waals surface area contributed by atoms with Crippen LogP contribution in [0.4, 0.5) is 27.6 Å². The van der Waals surface area contributed by atoms with Gasteiger partial charge in [0.25, 0.3) is 11.8 Å². The number of benzene rings is 2. The zero-order chi connectivity index (χ0) is 29.0. The Labute approximate surface area is 231 Å². The van der Waals surface area contributed by atoms with Crippen LogP contribution in [0.3, 0.4) is 0 Å². The van der Waals surface area contributed by atoms with E-state index >= 15 is 0 Å². The molecule has 2 aliphatic carbocycles. The number of phenols is 1. The number of imide groups is 2. The van der Waals surface area contributed by atoms with Crippen molar-refractivity contribution in [3.63, 3.8) is 0 Å². The molecule has 0 bridgehead atoms. The van der Waals surface area contributed by atoms with Gasteiger partial charge in [0.2, 0.25) is 17.6 Å². The summed E-state index contributed by atoms with van der Waals surface area (Å²) in [6, 6.07) is 5.15. The lowest BCUT2D eigenvalue weighted by Crippen LogP contribution is -2.60. The number of carbonyl (C=O) groups excluding carboxylic acids is 4. The van der Waals surface area contributed by atoms with Crippen LogP contribution in [0.2, 0.25) is 0 Å². The number of anilines is 1. The van der Waals surface area contributed by atoms with Crippen LogP contribution in [-0.2, 0) is 19.2 Å². The van der Waals surface area contributed by atoms with Crippen molar-refractivity contribution in [2.75, 3.05) is 4.90 Å². The predicted molar refractivity (Wildman–Crippen MR) is 128 cm³/mol. The summed E-state index contributed by atoms with van der Waals surface area (Å²) in [6.07, 6.45) is 1.05. The number of halogens is 7. The van der Waals surface area contributed by atoms with Crippen molar-refractivity contribution in [2.24, 2.45) is 17.8 Å². The van der Waals surface area contributed by atoms with Crippen molar-refractivity contribution in [3.05, 3.63) is 70.6 Å². The first kappa shape index (κ1) is 26.7. The highest BCUT2D eigenvalue weighted by Crippen LogP contribution is 2.65. The second-order valence-corrected chi connectivity index (χ2v) is 11.4. The summed E-state index contributed by atoms with van der Waals surface area (Å²) < 4.78 is 71.8. The fraction of sp³-hybridized carbons (Fsp3) is 0.308. The zero-order valence-corrected chi connectivity index (χ0v) is 21.3. The van der Waals surface area contributed by atoms with Gasteiger partial charge in [0, 0.05) is 5.92 Å². The second kappa shape index (κ2) is 8.50. The molecule has 6 rings (SSSR count). The molecular formula is C26H15Cl2F5N2O5. The Morgan fingerprint density at radius 3 is 2.00 bits per heavy atom. The van der Waals surface area contributed by atoms with E-state index < -0.39 is 98.2 Å². The van der Waals surface area contributed by atoms with E-state index in [1.807, 2.05) is 0 Å². The third-order valence-electron chi connectivity index (χ3n) is 8.29. The predicted octanol–water partition coefficient (Wildman–Crippen LogP) is 3.94. The maximum Gasteiger partial charge on any atom is 0.258 e. The molecular weight excluding hydrogens is 586 g/mol. The minimum Gasteiger partial charge on any atom is -0.508 e. The lowest BCUT2D eigenvalue weighted by Gasteiger charge is -2.50. The molecule has 2 saturated heterocycles. The second-order valence-electron chi connectivity index (χ2n) is 10.1. The first-order chi connectivity index (χ1) is 18.8. The fourth-order valence-corrected chi connectivity index (χ4v) is 7.45. The molecule has 208 valence electrons. The average molecular weight is 601 g/mol. The van der Waals surface area contributed by atoms with E-state index in [9.17, 15) is 46.2 Å². The number of allylic oxidation sites excluding steroid dienone is 2. The van der Waals surface area contributed by atoms with Crippen molar-refractivity contribution in [1.82, 2.24) is 5.32 Å². The SMILES string of the molecule is O=C1NC(=O)[C@H]2CC=C3[C@@H](C[C@@]4(Cl)C(=O)N(c5c(F)c(F)c(F)c(F)c5F)C(=O)[C@@]4(Cl)[C@H]3c3ccc(O)cc3)[C@@H]12. The topological polar surface area (TPSA) is 104 Å². The van der Waals surface area contributed by atoms with Crippen molar-refractivity contribution in [3.8, 4) is 5.75 Å². The highest BCUT2D eigenvalue weighted by molar-refractivity contribution is 6.58. The number of nitrogens with one attached hydrogen (secondary N) is 1. The minimum atomic E-state index is -2.59. The summed E-state index contributed by atoms with van der Waals surface area (Å²) in [5, 5.41) is 12.0. The van der Waals surface area contributed by atoms with E-state index in [4.69, 9.17) is 23.2 Å². The van der Waals surface area contributed by atoms with Crippen LogP contribution >= 0.6 is 23.2 Å². The van der Waals surface area contributed by atoms with Gasteiger partial charge in [-0.15, -0.1) is 23.2 Å². The van der Waals surface area contributed by atoms with Gasteiger partial charge in [-0.05, 0) is 36.5 Å². The summed E-state index contributed by atoms with van der Waals surface area (Å²) in [4.78, 5) is 47.6. The van der Waals surface area contributed by atoms with Crippen LogP contribution in [0, 0.1) is 46.8 Å². The third-order valence-corrected chi connectivity index (χ3v) is 9.70. The van der Waals surface area contributed by atoms with Crippen LogP contribution < -0.4 is 10.2 Å². The Morgan fingerprint density at radius 2 is 1.40 bits per heavy atom. The Balaban J connectivity index is 1.61. The lowest BCUT2D eigenvalue weighted by atomic mass is 9.56. The first-order valence-electron chi connectivity index (χ1n) is 11.9. The average Bonchev–Trinajstić information content (AvgIpc) is 3.29. The van der Waals surface area contributed by atoms with E-state index in [-0.39, 0.29) is 22.6 Å². The number of carbonyl (C=O) groups is 4. The number of aromatic hydroxyl groups is 1. The molecule has 6 atom stereocenters. The van der Waals surface area contributed by atoms with E-state index in [0.717, 1.165) is 0 Å². The molecule has 3 fully saturated rings. The molecule has 2 N–H and O–H groups in total. The van der Waals surface area contributed by atoms with Crippen LogP contribution in [0.15, 0.2) is 35.9 Å². The number of hydrogen-bond donors (Lipinski definition) is 2. The largest absolute Gasteiger partial charge is 0.508 e. The van der Waals surface area contributed by atoms with Gasteiger partial charge in [0.15, 0.2) is 33.0 Å². The number of nitrogens with zero attached hydrogens (tertiary/aromatic N) is 1. The maximum atomic E-state index is 14.9. The van der Waals surface area contributed by atoms with E-state index in [1.165, 1.54) is 24.3 Å². The molecule has 0 aromatic heterocycles. The fourth-order valence-electron chi connectivity index (χ4n) is 6.52. The molecule has 40 heavy (non-hydrogen) atoms. The molecule has 4 aliphatic rings. The number of alkyl halides is 2. The van der Waals surface area contributed by atoms with Crippen LogP contribution in [0.1, 0.15) is 24.3 Å². The number of hydrogen-bond acceptors (Lipinski definition) is 5. The lowest BCUT2D eigenvalue weighted by molar-refractivity contribution is -0.127. The Kier molecular flexibility index (Phi) is 5.67. The van der Waals surface area contributed by atoms with Crippen molar-refractivity contribution < 1.29 is 46.2 Å². The summed E-state index contributed by atoms with van der Waals surface area (Å²) in [6.45, 7) is 0. The third kappa shape index (κ3) is 3.11. The van der Waals surface area contributed by atoms with Crippen LogP contribution in [0.5, 0.6) is 5.75 Å². The minimum absolute atomic E-state index is 0.0500. The van der Waals surface area contributed by atoms with Gasteiger partial charge < -0.3 is 5.11 Å². The summed E-state index contributed by atoms with van der Waals surface area (Å²) in [7, 11) is 0. The number of phenolic OH excluding ortho intramolecular Hbond substituents is 1. The number of rotatable bonds is 2. The van der Waals surface area contributed by atoms with E-state index in [2.05, 4.69) is 5.32 Å². The smallest absolute Gasteiger partial charge is 0.258 e. The Bertz CT molecular complexity index is 1570. The van der Waals surface area contributed by atoms with Gasteiger partial charge in [-0.1, -0.05) is 23.8 Å². The molecule has 0 spiro atoms. The Morgan fingerprint density at radius 1 is 0.825 bits per heavy atom. The van der Waals surface area contributed by atoms with Crippen molar-refractivity contribution in [1.29, 1.82) is 0 Å². The molecule has 0 radical (unpaired) electrons. The molecule has 2 aromatic carbocycles. The highest BCUT2D eigenvalue weighted by atomic mass is 35.5. The van der Waals surface area contributed by atoms with E-state index in [0.29, 0.717) is 5.57 Å². The first-order valence-corrected chi connectivity index (χ1v) is 12.6. The zero-order valence-electron chi connectivity index (χ0n) is 19.8. The van der Waals surface area contributed by atoms with Crippen LogP contribution in [-0.4, -0.2) is 38.5 Å². The summed E-state index contributed by atoms with van der Waals surface area (Å²) in [5.41, 5.74) is -1.32. The molecule has 1 saturated carbocycles. The normalized spacial score (nSPS) is 33.0. The Hall–Kier alpha value is -3.51. The molecule has 2 heterocycles. The van der Waals surface area contributed by atoms with Gasteiger partial charge in [0.1, 0.15) is 11.4 Å². The molecule has 4 amide bonds. The van der Waals surface area contributed by atoms with Gasteiger partial charge in [-0.2, -0.15) is 0 Å². The molecule has 2 aromatic rings. The molecule has 7 nitrogen and oxygen atoms in total. The number of amides is 4. The van der Waals surface area contributed by atoms with Gasteiger partial charge in [-0.25, -0.2) is 26.9 Å². The van der Waals surface area contributed by atoms with Crippen molar-refractivity contribution >= 4 is 52.5 Å². The summed E-state index contributed by atoms with van der Waals surface area (Å²) in [5.74, 6) is -20.9. The summed E-state index contributed by atoms with van der Waals surface area (Å²) >= 11 is 13.8. The van der Waals surface area contributed by atoms with E-state index in [1.54, 1.807) is 6.08 Å². The standard InChI is InChI=1S/C26H15Cl2F5N2O5/c27-25-7-12-10(5-6-11-13(12)22(38)34-21(11)37)14(8-1-3-9(36)4-2-8)26(25,28)24(40)35(23(25)39)20-18(32)16(30)15(29)17(31)19(20)33/h1-5,11-14,36H,6-7H2,(H,34,37,38)/t11-,12+,13-,14-,25+,26-/m0/s1. The van der Waals surface area contributed by atoms with Gasteiger partial charge >= 0.3 is 0 Å². The van der Waals surface area contributed by atoms with Crippen LogP contribution in [0.25, 0.3) is 0 Å². The van der Waals surface area contributed by atoms with Crippen molar-refractivity contribution in [2.45, 2.75) is 28.5 Å². The monoisotopic (exact) mass is 600 g/mol. The molecule has 14 heteroatoms. The molecule has 0 unspecified atom stereocenters. The van der Waals surface area contributed by atoms with Gasteiger partial charge in [0.05, 0.1) is 11.8 Å².